The highest BCUT2D eigenvalue weighted by molar-refractivity contribution is 6.06. The van der Waals surface area contributed by atoms with Crippen molar-refractivity contribution in [1.29, 1.82) is 0 Å². The molecule has 10 heteroatoms. The van der Waals surface area contributed by atoms with Gasteiger partial charge in [0.1, 0.15) is 0 Å². The van der Waals surface area contributed by atoms with E-state index in [4.69, 9.17) is 15.2 Å². The normalized spacial score (nSPS) is 13.4. The van der Waals surface area contributed by atoms with Crippen molar-refractivity contribution in [3.05, 3.63) is 88.5 Å². The monoisotopic (exact) mass is 559 g/mol. The molecule has 0 saturated carbocycles. The Bertz CT molecular complexity index is 1380. The first-order chi connectivity index (χ1) is 19.8. The van der Waals surface area contributed by atoms with E-state index < -0.39 is 0 Å². The highest BCUT2D eigenvalue weighted by atomic mass is 16.5. The molecule has 3 amide bonds. The molecule has 1 saturated heterocycles. The van der Waals surface area contributed by atoms with Gasteiger partial charge in [-0.1, -0.05) is 30.3 Å². The number of rotatable bonds is 10. The van der Waals surface area contributed by atoms with Gasteiger partial charge >= 0.3 is 0 Å². The van der Waals surface area contributed by atoms with Gasteiger partial charge in [0.2, 0.25) is 5.91 Å². The Balaban J connectivity index is 1.54. The van der Waals surface area contributed by atoms with Crippen LogP contribution in [0, 0.1) is 0 Å². The number of piperazine rings is 1. The molecular weight excluding hydrogens is 522 g/mol. The Kier molecular flexibility index (Phi) is 9.94. The summed E-state index contributed by atoms with van der Waals surface area (Å²) >= 11 is 0. The van der Waals surface area contributed by atoms with Crippen molar-refractivity contribution in [2.24, 2.45) is 5.73 Å². The van der Waals surface area contributed by atoms with Crippen LogP contribution in [-0.4, -0.2) is 67.9 Å². The lowest BCUT2D eigenvalue weighted by molar-refractivity contribution is -0.130. The summed E-state index contributed by atoms with van der Waals surface area (Å²) in [7, 11) is 3.05. The van der Waals surface area contributed by atoms with Crippen LogP contribution >= 0.6 is 0 Å². The molecule has 216 valence electrons. The molecular formula is C31H37N5O5. The fourth-order valence-corrected chi connectivity index (χ4v) is 4.68. The third-order valence-corrected chi connectivity index (χ3v) is 7.19. The van der Waals surface area contributed by atoms with Crippen molar-refractivity contribution in [3.8, 4) is 11.5 Å². The summed E-state index contributed by atoms with van der Waals surface area (Å²) in [5.74, 6) is 0.433. The average Bonchev–Trinajstić information content (AvgIpc) is 3.00. The third-order valence-electron chi connectivity index (χ3n) is 7.19. The van der Waals surface area contributed by atoms with E-state index in [1.165, 1.54) is 14.2 Å². The first-order valence-electron chi connectivity index (χ1n) is 13.5. The number of nitrogens with one attached hydrogen (secondary N) is 2. The van der Waals surface area contributed by atoms with E-state index >= 15 is 0 Å². The van der Waals surface area contributed by atoms with E-state index in [-0.39, 0.29) is 17.7 Å². The summed E-state index contributed by atoms with van der Waals surface area (Å²) in [6.45, 7) is 5.69. The Labute approximate surface area is 240 Å². The van der Waals surface area contributed by atoms with E-state index in [0.717, 1.165) is 16.7 Å². The predicted molar refractivity (Wildman–Crippen MR) is 157 cm³/mol. The maximum absolute atomic E-state index is 13.3. The zero-order chi connectivity index (χ0) is 29.4. The molecule has 0 unspecified atom stereocenters. The largest absolute Gasteiger partial charge is 0.493 e. The van der Waals surface area contributed by atoms with Crippen LogP contribution in [0.15, 0.2) is 60.7 Å². The van der Waals surface area contributed by atoms with Gasteiger partial charge in [0.25, 0.3) is 11.8 Å². The number of hydrogen-bond donors (Lipinski definition) is 3. The molecule has 0 aliphatic carbocycles. The molecule has 0 atom stereocenters. The number of methoxy groups -OCH3 is 2. The van der Waals surface area contributed by atoms with Gasteiger partial charge in [0.05, 0.1) is 14.2 Å². The minimum atomic E-state index is -0.342. The Hall–Kier alpha value is -4.41. The molecule has 10 nitrogen and oxygen atoms in total. The standard InChI is InChI=1S/C31H37N5O5/c1-21(37)36-14-12-35(13-15-36)20-26-9-8-24(30(38)33-19-23-6-4-22(18-32)5-7-23)16-27(26)34-31(39)25-10-11-28(40-2)29(17-25)41-3/h4-11,16-17H,12-15,18-20,32H2,1-3H3,(H,33,38)(H,34,39). The third kappa shape index (κ3) is 7.62. The van der Waals surface area contributed by atoms with E-state index in [1.54, 1.807) is 37.3 Å². The second kappa shape index (κ2) is 13.8. The van der Waals surface area contributed by atoms with Crippen LogP contribution < -0.4 is 25.8 Å². The van der Waals surface area contributed by atoms with Crippen LogP contribution in [0.25, 0.3) is 0 Å². The van der Waals surface area contributed by atoms with Crippen LogP contribution in [0.2, 0.25) is 0 Å². The molecule has 4 N–H and O–H groups in total. The summed E-state index contributed by atoms with van der Waals surface area (Å²) in [5, 5.41) is 5.94. The predicted octanol–water partition coefficient (Wildman–Crippen LogP) is 3.01. The van der Waals surface area contributed by atoms with Crippen LogP contribution in [0.5, 0.6) is 11.5 Å². The lowest BCUT2D eigenvalue weighted by Gasteiger charge is -2.34. The van der Waals surface area contributed by atoms with Gasteiger partial charge in [-0.2, -0.15) is 0 Å². The minimum Gasteiger partial charge on any atom is -0.493 e. The van der Waals surface area contributed by atoms with E-state index in [1.807, 2.05) is 35.2 Å². The van der Waals surface area contributed by atoms with Crippen LogP contribution in [-0.2, 0) is 24.4 Å². The molecule has 1 heterocycles. The van der Waals surface area contributed by atoms with Crippen LogP contribution in [0.4, 0.5) is 5.69 Å². The zero-order valence-electron chi connectivity index (χ0n) is 23.7. The number of nitrogens with two attached hydrogens (primary N) is 1. The number of ether oxygens (including phenoxy) is 2. The number of carbonyl (C=O) groups excluding carboxylic acids is 3. The molecule has 3 aromatic rings. The van der Waals surface area contributed by atoms with E-state index in [2.05, 4.69) is 15.5 Å². The average molecular weight is 560 g/mol. The van der Waals surface area contributed by atoms with Gasteiger partial charge in [-0.05, 0) is 47.0 Å². The van der Waals surface area contributed by atoms with Crippen molar-refractivity contribution < 1.29 is 23.9 Å². The number of anilines is 1. The van der Waals surface area contributed by atoms with Crippen molar-refractivity contribution in [3.63, 3.8) is 0 Å². The molecule has 1 fully saturated rings. The van der Waals surface area contributed by atoms with Crippen molar-refractivity contribution in [2.45, 2.75) is 26.6 Å². The summed E-state index contributed by atoms with van der Waals surface area (Å²) in [6, 6.07) is 18.0. The Morgan fingerprint density at radius 3 is 2.07 bits per heavy atom. The maximum Gasteiger partial charge on any atom is 0.255 e. The molecule has 0 radical (unpaired) electrons. The van der Waals surface area contributed by atoms with Gasteiger partial charge in [0, 0.05) is 69.6 Å². The van der Waals surface area contributed by atoms with Gasteiger partial charge in [0.15, 0.2) is 11.5 Å². The number of hydrogen-bond acceptors (Lipinski definition) is 7. The molecule has 0 spiro atoms. The number of nitrogens with zero attached hydrogens (tertiary/aromatic N) is 2. The molecule has 0 aromatic heterocycles. The molecule has 4 rings (SSSR count). The first-order valence-corrected chi connectivity index (χ1v) is 13.5. The maximum atomic E-state index is 13.3. The Morgan fingerprint density at radius 1 is 0.805 bits per heavy atom. The smallest absolute Gasteiger partial charge is 0.255 e. The van der Waals surface area contributed by atoms with Gasteiger partial charge in [-0.15, -0.1) is 0 Å². The molecule has 1 aliphatic rings. The van der Waals surface area contributed by atoms with Crippen molar-refractivity contribution in [1.82, 2.24) is 15.1 Å². The van der Waals surface area contributed by atoms with Gasteiger partial charge in [-0.3, -0.25) is 19.3 Å². The van der Waals surface area contributed by atoms with Gasteiger partial charge in [-0.25, -0.2) is 0 Å². The summed E-state index contributed by atoms with van der Waals surface area (Å²) < 4.78 is 10.6. The SMILES string of the molecule is COc1ccc(C(=O)Nc2cc(C(=O)NCc3ccc(CN)cc3)ccc2CN2CCN(C(C)=O)CC2)cc1OC. The molecule has 0 bridgehead atoms. The zero-order valence-corrected chi connectivity index (χ0v) is 23.7. The number of carbonyl (C=O) groups is 3. The Morgan fingerprint density at radius 2 is 1.44 bits per heavy atom. The van der Waals surface area contributed by atoms with Crippen LogP contribution in [0.1, 0.15) is 44.3 Å². The van der Waals surface area contributed by atoms with Crippen molar-refractivity contribution in [2.75, 3.05) is 45.7 Å². The van der Waals surface area contributed by atoms with Crippen molar-refractivity contribution >= 4 is 23.4 Å². The first kappa shape index (κ1) is 29.6. The summed E-state index contributed by atoms with van der Waals surface area (Å²) in [6.07, 6.45) is 0. The van der Waals surface area contributed by atoms with Gasteiger partial charge < -0.3 is 30.7 Å². The summed E-state index contributed by atoms with van der Waals surface area (Å²) in [5.41, 5.74) is 9.87. The quantitative estimate of drug-likeness (QED) is 0.349. The summed E-state index contributed by atoms with van der Waals surface area (Å²) in [4.78, 5) is 42.2. The highest BCUT2D eigenvalue weighted by Crippen LogP contribution is 2.28. The second-order valence-corrected chi connectivity index (χ2v) is 9.88. The number of amides is 3. The second-order valence-electron chi connectivity index (χ2n) is 9.88. The topological polar surface area (TPSA) is 126 Å². The molecule has 41 heavy (non-hydrogen) atoms. The fraction of sp³-hybridized carbons (Fsp3) is 0.323. The molecule has 3 aromatic carbocycles. The van der Waals surface area contributed by atoms with Crippen LogP contribution in [0.3, 0.4) is 0 Å². The highest BCUT2D eigenvalue weighted by Gasteiger charge is 2.21. The molecule has 1 aliphatic heterocycles. The van der Waals surface area contributed by atoms with E-state index in [9.17, 15) is 14.4 Å². The fourth-order valence-electron chi connectivity index (χ4n) is 4.68. The number of benzene rings is 3. The minimum absolute atomic E-state index is 0.0678. The lowest BCUT2D eigenvalue weighted by Crippen LogP contribution is -2.47. The lowest BCUT2D eigenvalue weighted by atomic mass is 10.1. The van der Waals surface area contributed by atoms with E-state index in [0.29, 0.717) is 74.1 Å².